The summed E-state index contributed by atoms with van der Waals surface area (Å²) in [5.41, 5.74) is 4.93. The van der Waals surface area contributed by atoms with E-state index in [9.17, 15) is 0 Å². The molecule has 0 atom stereocenters. The van der Waals surface area contributed by atoms with Gasteiger partial charge in [0.25, 0.3) is 0 Å². The molecule has 3 aromatic carbocycles. The van der Waals surface area contributed by atoms with Crippen molar-refractivity contribution < 1.29 is 28.4 Å². The molecule has 0 bridgehead atoms. The van der Waals surface area contributed by atoms with Crippen LogP contribution >= 0.6 is 0 Å². The summed E-state index contributed by atoms with van der Waals surface area (Å²) >= 11 is 0. The summed E-state index contributed by atoms with van der Waals surface area (Å²) in [4.78, 5) is 18.6. The molecular formula is C57H84N4O6. The third-order valence-electron chi connectivity index (χ3n) is 12.8. The molecule has 368 valence electrons. The summed E-state index contributed by atoms with van der Waals surface area (Å²) in [6.45, 7) is 17.1. The molecule has 3 heterocycles. The summed E-state index contributed by atoms with van der Waals surface area (Å²) < 4.78 is 39.5. The molecule has 10 heteroatoms. The minimum absolute atomic E-state index is 0.614. The fraction of sp³-hybridized carbons (Fsp3) is 0.632. The van der Waals surface area contributed by atoms with Crippen LogP contribution in [0, 0.1) is 0 Å². The van der Waals surface area contributed by atoms with Crippen molar-refractivity contribution >= 4 is 34.6 Å². The molecule has 10 nitrogen and oxygen atoms in total. The second kappa shape index (κ2) is 28.6. The number of hydrogen-bond acceptors (Lipinski definition) is 10. The number of nitrogens with zero attached hydrogens (tertiary/aromatic N) is 4. The van der Waals surface area contributed by atoms with E-state index in [0.29, 0.717) is 56.9 Å². The highest BCUT2D eigenvalue weighted by Gasteiger charge is 2.41. The lowest BCUT2D eigenvalue weighted by molar-refractivity contribution is 0.258. The average Bonchev–Trinajstić information content (AvgIpc) is 3.33. The quantitative estimate of drug-likeness (QED) is 0.0536. The molecule has 0 radical (unpaired) electrons. The third-order valence-corrected chi connectivity index (χ3v) is 12.8. The van der Waals surface area contributed by atoms with Gasteiger partial charge in [0.1, 0.15) is 17.5 Å². The molecule has 6 rings (SSSR count). The SMILES string of the molecule is CCCCCCOc1cc2c(cc1OCCCCCC)C1=Nc3cc(OCCCCCC)c(OCCCCCC)cc3C3=Nc4cc(OCCCCCC)c(OCCCCCC)cc4C(=N2)N13. The summed E-state index contributed by atoms with van der Waals surface area (Å²) in [5, 5.41) is 0. The Morgan fingerprint density at radius 2 is 0.493 bits per heavy atom. The van der Waals surface area contributed by atoms with Gasteiger partial charge in [-0.15, -0.1) is 0 Å². The second-order valence-corrected chi connectivity index (χ2v) is 18.5. The lowest BCUT2D eigenvalue weighted by atomic mass is 9.97. The Kier molecular flexibility index (Phi) is 22.0. The van der Waals surface area contributed by atoms with Crippen LogP contribution in [-0.2, 0) is 0 Å². The van der Waals surface area contributed by atoms with Crippen molar-refractivity contribution in [3.8, 4) is 34.5 Å². The van der Waals surface area contributed by atoms with Crippen LogP contribution in [0.15, 0.2) is 51.4 Å². The largest absolute Gasteiger partial charge is 0.490 e. The first-order valence-corrected chi connectivity index (χ1v) is 26.9. The van der Waals surface area contributed by atoms with Crippen molar-refractivity contribution in [1.29, 1.82) is 0 Å². The van der Waals surface area contributed by atoms with Crippen LogP contribution in [0.25, 0.3) is 0 Å². The van der Waals surface area contributed by atoms with E-state index in [2.05, 4.69) is 82.8 Å². The van der Waals surface area contributed by atoms with Crippen LogP contribution in [0.2, 0.25) is 0 Å². The zero-order valence-electron chi connectivity index (χ0n) is 42.4. The van der Waals surface area contributed by atoms with Gasteiger partial charge in [-0.05, 0) is 56.7 Å². The topological polar surface area (TPSA) is 95.7 Å². The first-order chi connectivity index (χ1) is 33.0. The molecule has 0 aliphatic carbocycles. The van der Waals surface area contributed by atoms with E-state index in [1.807, 2.05) is 0 Å². The number of hydrogen-bond donors (Lipinski definition) is 0. The van der Waals surface area contributed by atoms with Crippen molar-refractivity contribution in [2.75, 3.05) is 39.6 Å². The van der Waals surface area contributed by atoms with Gasteiger partial charge in [0, 0.05) is 34.9 Å². The number of amidine groups is 3. The van der Waals surface area contributed by atoms with Gasteiger partial charge in [-0.25, -0.2) is 15.0 Å². The lowest BCUT2D eigenvalue weighted by Crippen LogP contribution is -2.48. The van der Waals surface area contributed by atoms with Gasteiger partial charge in [0.05, 0.1) is 56.7 Å². The predicted molar refractivity (Wildman–Crippen MR) is 278 cm³/mol. The lowest BCUT2D eigenvalue weighted by Gasteiger charge is -2.39. The van der Waals surface area contributed by atoms with Crippen LogP contribution in [0.5, 0.6) is 34.5 Å². The van der Waals surface area contributed by atoms with Crippen LogP contribution in [0.1, 0.15) is 212 Å². The summed E-state index contributed by atoms with van der Waals surface area (Å²) in [7, 11) is 0. The molecule has 0 fully saturated rings. The van der Waals surface area contributed by atoms with Gasteiger partial charge in [-0.1, -0.05) is 157 Å². The van der Waals surface area contributed by atoms with Crippen LogP contribution in [0.3, 0.4) is 0 Å². The number of benzene rings is 3. The maximum Gasteiger partial charge on any atom is 0.163 e. The van der Waals surface area contributed by atoms with Crippen molar-refractivity contribution in [3.63, 3.8) is 0 Å². The van der Waals surface area contributed by atoms with Gasteiger partial charge < -0.3 is 28.4 Å². The number of ether oxygens (including phenoxy) is 6. The minimum Gasteiger partial charge on any atom is -0.490 e. The van der Waals surface area contributed by atoms with Crippen LogP contribution in [-0.4, -0.2) is 62.0 Å². The number of unbranched alkanes of at least 4 members (excludes halogenated alkanes) is 18. The third kappa shape index (κ3) is 14.6. The van der Waals surface area contributed by atoms with E-state index in [0.717, 1.165) is 146 Å². The Morgan fingerprint density at radius 1 is 0.284 bits per heavy atom. The van der Waals surface area contributed by atoms with E-state index in [1.54, 1.807) is 0 Å². The molecular weight excluding hydrogens is 837 g/mol. The Bertz CT molecular complexity index is 1850. The van der Waals surface area contributed by atoms with E-state index < -0.39 is 0 Å². The maximum atomic E-state index is 6.60. The van der Waals surface area contributed by atoms with Gasteiger partial charge in [0.2, 0.25) is 0 Å². The Hall–Kier alpha value is -4.73. The first-order valence-electron chi connectivity index (χ1n) is 26.9. The Labute approximate surface area is 404 Å². The van der Waals surface area contributed by atoms with Gasteiger partial charge >= 0.3 is 0 Å². The fourth-order valence-corrected chi connectivity index (χ4v) is 8.74. The summed E-state index contributed by atoms with van der Waals surface area (Å²) in [5.74, 6) is 6.52. The monoisotopic (exact) mass is 921 g/mol. The van der Waals surface area contributed by atoms with Gasteiger partial charge in [-0.3, -0.25) is 4.90 Å². The normalized spacial score (nSPS) is 13.2. The molecule has 0 unspecified atom stereocenters. The van der Waals surface area contributed by atoms with E-state index in [-0.39, 0.29) is 0 Å². The molecule has 0 saturated heterocycles. The highest BCUT2D eigenvalue weighted by Crippen LogP contribution is 2.48. The van der Waals surface area contributed by atoms with E-state index in [1.165, 1.54) is 77.0 Å². The molecule has 0 saturated carbocycles. The highest BCUT2D eigenvalue weighted by molar-refractivity contribution is 6.36. The van der Waals surface area contributed by atoms with Crippen LogP contribution in [0.4, 0.5) is 17.1 Å². The zero-order valence-corrected chi connectivity index (χ0v) is 42.4. The fourth-order valence-electron chi connectivity index (χ4n) is 8.74. The van der Waals surface area contributed by atoms with E-state index >= 15 is 0 Å². The first kappa shape index (κ1) is 51.7. The average molecular weight is 921 g/mol. The molecule has 3 aliphatic heterocycles. The van der Waals surface area contributed by atoms with Crippen molar-refractivity contribution in [1.82, 2.24) is 4.90 Å². The second-order valence-electron chi connectivity index (χ2n) is 18.5. The molecule has 67 heavy (non-hydrogen) atoms. The zero-order chi connectivity index (χ0) is 47.1. The summed E-state index contributed by atoms with van der Waals surface area (Å²) in [6, 6.07) is 12.4. The van der Waals surface area contributed by atoms with Crippen molar-refractivity contribution in [2.24, 2.45) is 15.0 Å². The molecule has 0 amide bonds. The molecule has 0 aromatic heterocycles. The van der Waals surface area contributed by atoms with Crippen molar-refractivity contribution in [2.45, 2.75) is 196 Å². The molecule has 3 aromatic rings. The predicted octanol–water partition coefficient (Wildman–Crippen LogP) is 16.3. The van der Waals surface area contributed by atoms with Gasteiger partial charge in [0.15, 0.2) is 34.5 Å². The van der Waals surface area contributed by atoms with Crippen molar-refractivity contribution in [3.05, 3.63) is 53.1 Å². The standard InChI is InChI=1S/C57H84N4O6/c1-7-13-19-25-31-62-49-37-43-46(40-52(49)65-34-28-22-16-10-4)58-56-45-39-51(64-33-27-21-15-9-3)54(67-36-30-24-18-12-6)42-48(45)60-57-44-38-50(63-32-26-20-14-8-2)53(66-35-29-23-17-11-5)41-47(44)59-55(43)61(56)57/h37-42H,7-36H2,1-6H3. The number of rotatable bonds is 36. The molecule has 0 N–H and O–H groups in total. The van der Waals surface area contributed by atoms with Crippen LogP contribution < -0.4 is 28.4 Å². The highest BCUT2D eigenvalue weighted by atomic mass is 16.5. The molecule has 0 spiro atoms. The van der Waals surface area contributed by atoms with Gasteiger partial charge in [-0.2, -0.15) is 0 Å². The molecule has 3 aliphatic rings. The Morgan fingerprint density at radius 3 is 0.701 bits per heavy atom. The maximum absolute atomic E-state index is 6.60. The number of aliphatic imine (C=N–C) groups is 3. The Balaban J connectivity index is 1.49. The summed E-state index contributed by atoms with van der Waals surface area (Å²) in [6.07, 6.45) is 26.9. The van der Waals surface area contributed by atoms with E-state index in [4.69, 9.17) is 43.4 Å². The smallest absolute Gasteiger partial charge is 0.163 e. The minimum atomic E-state index is 0.614. The number of fused-ring (bicyclic) bond motifs is 6.